The second-order valence-electron chi connectivity index (χ2n) is 4.81. The Bertz CT molecular complexity index is 607. The summed E-state index contributed by atoms with van der Waals surface area (Å²) in [4.78, 5) is 54.1. The number of hydrogen-bond acceptors (Lipinski definition) is 10. The third-order valence-electron chi connectivity index (χ3n) is 3.40. The molecule has 0 aliphatic carbocycles. The lowest BCUT2D eigenvalue weighted by Crippen LogP contribution is -2.36. The third kappa shape index (κ3) is 5.04. The fraction of sp³-hybridized carbons (Fsp3) is 0.467. The number of rotatable bonds is 10. The molecule has 1 aromatic carbocycles. The first-order valence-electron chi connectivity index (χ1n) is 7.22. The normalized spacial score (nSPS) is 11.6. The molecular formula is C15H19NO10. The predicted molar refractivity (Wildman–Crippen MR) is 83.8 cm³/mol. The van der Waals surface area contributed by atoms with Crippen LogP contribution in [0.5, 0.6) is 11.5 Å². The van der Waals surface area contributed by atoms with Gasteiger partial charge >= 0.3 is 11.9 Å². The molecule has 0 N–H and O–H groups in total. The van der Waals surface area contributed by atoms with E-state index in [9.17, 15) is 19.7 Å². The van der Waals surface area contributed by atoms with Crippen LogP contribution in [0.4, 0.5) is 0 Å². The van der Waals surface area contributed by atoms with Crippen LogP contribution in [-0.2, 0) is 28.8 Å². The number of nitro groups is 1. The van der Waals surface area contributed by atoms with Crippen LogP contribution in [0.2, 0.25) is 0 Å². The van der Waals surface area contributed by atoms with Gasteiger partial charge in [-0.25, -0.2) is 0 Å². The number of carbonyl (C=O) groups excluding carboxylic acids is 2. The highest BCUT2D eigenvalue weighted by molar-refractivity contribution is 5.96. The summed E-state index contributed by atoms with van der Waals surface area (Å²) >= 11 is 0. The SMILES string of the molecule is COOc1cccc(OOC)c1C(C[N+](=O)[O-])C(C(=O)OC)C(=O)OC. The summed E-state index contributed by atoms with van der Waals surface area (Å²) in [5.41, 5.74) is 0.00806. The molecule has 0 saturated heterocycles. The van der Waals surface area contributed by atoms with Gasteiger partial charge in [0.1, 0.15) is 0 Å². The number of methoxy groups -OCH3 is 2. The van der Waals surface area contributed by atoms with E-state index in [1.807, 2.05) is 0 Å². The van der Waals surface area contributed by atoms with Crippen LogP contribution in [0.25, 0.3) is 0 Å². The number of benzene rings is 1. The maximum Gasteiger partial charge on any atom is 0.320 e. The maximum absolute atomic E-state index is 12.2. The Kier molecular flexibility index (Phi) is 8.25. The van der Waals surface area contributed by atoms with Gasteiger partial charge in [-0.3, -0.25) is 19.7 Å². The van der Waals surface area contributed by atoms with Gasteiger partial charge in [-0.05, 0) is 12.1 Å². The average molecular weight is 373 g/mol. The van der Waals surface area contributed by atoms with E-state index in [1.165, 1.54) is 32.4 Å². The number of hydrogen-bond donors (Lipinski definition) is 0. The molecule has 0 amide bonds. The predicted octanol–water partition coefficient (Wildman–Crippen LogP) is 0.889. The van der Waals surface area contributed by atoms with Crippen molar-refractivity contribution in [2.45, 2.75) is 5.92 Å². The van der Waals surface area contributed by atoms with E-state index in [0.29, 0.717) is 0 Å². The van der Waals surface area contributed by atoms with Crippen molar-refractivity contribution < 1.29 is 43.5 Å². The molecule has 11 heteroatoms. The summed E-state index contributed by atoms with van der Waals surface area (Å²) in [5, 5.41) is 11.2. The molecule has 0 aliphatic rings. The van der Waals surface area contributed by atoms with E-state index >= 15 is 0 Å². The molecule has 26 heavy (non-hydrogen) atoms. The second-order valence-corrected chi connectivity index (χ2v) is 4.81. The van der Waals surface area contributed by atoms with Crippen LogP contribution in [-0.4, -0.2) is 51.8 Å². The molecule has 0 aromatic heterocycles. The van der Waals surface area contributed by atoms with Crippen LogP contribution in [0.1, 0.15) is 11.5 Å². The van der Waals surface area contributed by atoms with Gasteiger partial charge in [0, 0.05) is 4.92 Å². The lowest BCUT2D eigenvalue weighted by molar-refractivity contribution is -0.484. The number of nitrogens with zero attached hydrogens (tertiary/aromatic N) is 1. The van der Waals surface area contributed by atoms with Crippen molar-refractivity contribution in [2.75, 3.05) is 35.0 Å². The van der Waals surface area contributed by atoms with Gasteiger partial charge in [-0.2, -0.15) is 9.78 Å². The molecule has 1 unspecified atom stereocenters. The minimum atomic E-state index is -1.64. The highest BCUT2D eigenvalue weighted by Crippen LogP contribution is 2.40. The van der Waals surface area contributed by atoms with Gasteiger partial charge in [0.25, 0.3) is 0 Å². The lowest BCUT2D eigenvalue weighted by Gasteiger charge is -2.23. The van der Waals surface area contributed by atoms with E-state index in [1.54, 1.807) is 0 Å². The molecule has 1 atom stereocenters. The first kappa shape index (κ1) is 21.1. The molecule has 1 aromatic rings. The molecule has 0 spiro atoms. The number of ether oxygens (including phenoxy) is 2. The summed E-state index contributed by atoms with van der Waals surface area (Å²) in [6, 6.07) is 4.33. The molecule has 0 radical (unpaired) electrons. The van der Waals surface area contributed by atoms with Crippen molar-refractivity contribution in [1.29, 1.82) is 0 Å². The van der Waals surface area contributed by atoms with E-state index in [0.717, 1.165) is 14.2 Å². The zero-order chi connectivity index (χ0) is 19.7. The van der Waals surface area contributed by atoms with Crippen molar-refractivity contribution in [2.24, 2.45) is 5.92 Å². The molecule has 0 aliphatic heterocycles. The fourth-order valence-electron chi connectivity index (χ4n) is 2.42. The summed E-state index contributed by atoms with van der Waals surface area (Å²) in [6.45, 7) is -0.820. The molecule has 0 fully saturated rings. The Morgan fingerprint density at radius 2 is 1.46 bits per heavy atom. The zero-order valence-corrected chi connectivity index (χ0v) is 14.6. The molecule has 144 valence electrons. The zero-order valence-electron chi connectivity index (χ0n) is 14.6. The molecule has 0 heterocycles. The summed E-state index contributed by atoms with van der Waals surface area (Å²) < 4.78 is 9.23. The number of esters is 2. The minimum Gasteiger partial charge on any atom is -0.468 e. The Labute approximate surface area is 148 Å². The second kappa shape index (κ2) is 10.2. The van der Waals surface area contributed by atoms with Gasteiger partial charge in [-0.15, -0.1) is 0 Å². The van der Waals surface area contributed by atoms with Crippen molar-refractivity contribution in [3.63, 3.8) is 0 Å². The Hall–Kier alpha value is -2.92. The van der Waals surface area contributed by atoms with Crippen LogP contribution >= 0.6 is 0 Å². The van der Waals surface area contributed by atoms with Gasteiger partial charge in [-0.1, -0.05) is 6.07 Å². The van der Waals surface area contributed by atoms with Crippen LogP contribution in [0.3, 0.4) is 0 Å². The Morgan fingerprint density at radius 1 is 1.00 bits per heavy atom. The Balaban J connectivity index is 3.63. The molecule has 11 nitrogen and oxygen atoms in total. The van der Waals surface area contributed by atoms with E-state index in [-0.39, 0.29) is 17.1 Å². The van der Waals surface area contributed by atoms with Crippen molar-refractivity contribution in [3.05, 3.63) is 33.9 Å². The average Bonchev–Trinajstić information content (AvgIpc) is 2.61. The Morgan fingerprint density at radius 3 is 1.81 bits per heavy atom. The molecule has 0 bridgehead atoms. The summed E-state index contributed by atoms with van der Waals surface area (Å²) in [5.74, 6) is -5.03. The first-order chi connectivity index (χ1) is 12.4. The van der Waals surface area contributed by atoms with Crippen LogP contribution in [0.15, 0.2) is 18.2 Å². The minimum absolute atomic E-state index is 0.00768. The first-order valence-corrected chi connectivity index (χ1v) is 7.22. The van der Waals surface area contributed by atoms with Crippen molar-refractivity contribution in [3.8, 4) is 11.5 Å². The summed E-state index contributed by atoms with van der Waals surface area (Å²) in [7, 11) is 4.53. The quantitative estimate of drug-likeness (QED) is 0.191. The van der Waals surface area contributed by atoms with Crippen molar-refractivity contribution >= 4 is 11.9 Å². The van der Waals surface area contributed by atoms with Crippen LogP contribution in [0, 0.1) is 16.0 Å². The largest absolute Gasteiger partial charge is 0.468 e. The lowest BCUT2D eigenvalue weighted by atomic mass is 9.84. The van der Waals surface area contributed by atoms with Crippen LogP contribution < -0.4 is 9.78 Å². The highest BCUT2D eigenvalue weighted by Gasteiger charge is 2.44. The summed E-state index contributed by atoms with van der Waals surface area (Å²) in [6.07, 6.45) is 0. The monoisotopic (exact) mass is 373 g/mol. The van der Waals surface area contributed by atoms with Crippen molar-refractivity contribution in [1.82, 2.24) is 0 Å². The molecular weight excluding hydrogens is 354 g/mol. The molecule has 0 saturated carbocycles. The van der Waals surface area contributed by atoms with Gasteiger partial charge in [0.15, 0.2) is 17.4 Å². The third-order valence-corrected chi connectivity index (χ3v) is 3.40. The van der Waals surface area contributed by atoms with Gasteiger partial charge in [0.05, 0.1) is 39.9 Å². The smallest absolute Gasteiger partial charge is 0.320 e. The molecule has 1 rings (SSSR count). The highest BCUT2D eigenvalue weighted by atomic mass is 17.2. The van der Waals surface area contributed by atoms with Gasteiger partial charge < -0.3 is 19.2 Å². The fourth-order valence-corrected chi connectivity index (χ4v) is 2.42. The van der Waals surface area contributed by atoms with E-state index in [4.69, 9.17) is 9.78 Å². The number of carbonyl (C=O) groups is 2. The topological polar surface area (TPSA) is 133 Å². The van der Waals surface area contributed by atoms with E-state index in [2.05, 4.69) is 19.2 Å². The maximum atomic E-state index is 12.2. The van der Waals surface area contributed by atoms with E-state index < -0.39 is 35.2 Å². The van der Waals surface area contributed by atoms with Gasteiger partial charge in [0.2, 0.25) is 6.54 Å². The standard InChI is InChI=1S/C15H19NO10/c1-21-14(17)13(15(18)22-2)9(8-16(19)20)12-10(25-23-3)6-5-7-11(12)26-24-4/h5-7,9,13H,8H2,1-4H3.